The third-order valence-electron chi connectivity index (χ3n) is 3.78. The Morgan fingerprint density at radius 2 is 2.04 bits per heavy atom. The summed E-state index contributed by atoms with van der Waals surface area (Å²) in [7, 11) is 0. The topological polar surface area (TPSA) is 68.9 Å². The smallest absolute Gasteiger partial charge is 0.382 e. The van der Waals surface area contributed by atoms with Crippen molar-refractivity contribution < 1.29 is 27.1 Å². The van der Waals surface area contributed by atoms with Gasteiger partial charge in [-0.1, -0.05) is 0 Å². The summed E-state index contributed by atoms with van der Waals surface area (Å²) >= 11 is -0.545. The number of aliphatic hydroxyl groups is 1. The summed E-state index contributed by atoms with van der Waals surface area (Å²) in [5.41, 5.74) is -4.55. The highest BCUT2D eigenvalue weighted by Crippen LogP contribution is 2.52. The standard InChI is InChI=1S/C16H10F5N3OS/c17-15(18)4-10-11(24-9-3-8(5-22)6-23-7-9)1-2-12(13(10)14(15)25)26-16(19,20)21/h1-3,6-7,14,24-25H,4H2. The molecular weight excluding hydrogens is 377 g/mol. The van der Waals surface area contributed by atoms with E-state index in [1.165, 1.54) is 24.5 Å². The number of alkyl halides is 5. The Balaban J connectivity index is 2.05. The van der Waals surface area contributed by atoms with E-state index in [-0.39, 0.29) is 16.8 Å². The second-order valence-corrected chi connectivity index (χ2v) is 6.70. The van der Waals surface area contributed by atoms with Gasteiger partial charge in [0.1, 0.15) is 12.2 Å². The fourth-order valence-electron chi connectivity index (χ4n) is 2.73. The van der Waals surface area contributed by atoms with Crippen molar-refractivity contribution in [2.24, 2.45) is 0 Å². The second kappa shape index (κ2) is 6.41. The molecular formula is C16H10F5N3OS. The fourth-order valence-corrected chi connectivity index (χ4v) is 3.46. The predicted octanol–water partition coefficient (Wildman–Crippen LogP) is 4.53. The van der Waals surface area contributed by atoms with Crippen LogP contribution in [0.5, 0.6) is 0 Å². The second-order valence-electron chi connectivity index (χ2n) is 5.59. The van der Waals surface area contributed by atoms with Crippen molar-refractivity contribution in [3.05, 3.63) is 47.3 Å². The van der Waals surface area contributed by atoms with E-state index in [1.54, 1.807) is 0 Å². The Morgan fingerprint density at radius 3 is 2.69 bits per heavy atom. The Kier molecular flexibility index (Phi) is 4.54. The molecule has 0 amide bonds. The monoisotopic (exact) mass is 387 g/mol. The van der Waals surface area contributed by atoms with Gasteiger partial charge in [0.05, 0.1) is 17.4 Å². The number of hydrogen-bond acceptors (Lipinski definition) is 5. The number of fused-ring (bicyclic) bond motifs is 1. The number of rotatable bonds is 3. The zero-order chi connectivity index (χ0) is 19.1. The normalized spacial score (nSPS) is 18.3. The molecule has 0 fully saturated rings. The summed E-state index contributed by atoms with van der Waals surface area (Å²) in [5, 5.41) is 21.5. The van der Waals surface area contributed by atoms with Crippen LogP contribution in [0, 0.1) is 11.3 Å². The summed E-state index contributed by atoms with van der Waals surface area (Å²) < 4.78 is 66.0. The molecule has 3 rings (SSSR count). The van der Waals surface area contributed by atoms with E-state index in [1.807, 2.05) is 6.07 Å². The van der Waals surface area contributed by atoms with E-state index >= 15 is 0 Å². The number of thioether (sulfide) groups is 1. The number of pyridine rings is 1. The highest BCUT2D eigenvalue weighted by molar-refractivity contribution is 8.00. The molecule has 1 aromatic carbocycles. The Bertz CT molecular complexity index is 894. The summed E-state index contributed by atoms with van der Waals surface area (Å²) in [6, 6.07) is 5.56. The lowest BCUT2D eigenvalue weighted by Crippen LogP contribution is -2.21. The molecule has 1 unspecified atom stereocenters. The molecule has 1 aromatic heterocycles. The van der Waals surface area contributed by atoms with Crippen molar-refractivity contribution in [2.45, 2.75) is 28.9 Å². The van der Waals surface area contributed by atoms with Crippen LogP contribution in [0.2, 0.25) is 0 Å². The third kappa shape index (κ3) is 3.59. The van der Waals surface area contributed by atoms with Gasteiger partial charge in [0.2, 0.25) is 0 Å². The first-order valence-electron chi connectivity index (χ1n) is 7.20. The molecule has 26 heavy (non-hydrogen) atoms. The molecule has 0 aliphatic heterocycles. The molecule has 0 saturated heterocycles. The van der Waals surface area contributed by atoms with Crippen LogP contribution in [0.25, 0.3) is 0 Å². The van der Waals surface area contributed by atoms with Crippen LogP contribution in [0.3, 0.4) is 0 Å². The van der Waals surface area contributed by atoms with E-state index in [2.05, 4.69) is 10.3 Å². The number of hydrogen-bond donors (Lipinski definition) is 2. The summed E-state index contributed by atoms with van der Waals surface area (Å²) in [4.78, 5) is 3.35. The average molecular weight is 387 g/mol. The number of nitriles is 1. The van der Waals surface area contributed by atoms with Gasteiger partial charge in [0.25, 0.3) is 5.92 Å². The van der Waals surface area contributed by atoms with Gasteiger partial charge in [0, 0.05) is 28.8 Å². The van der Waals surface area contributed by atoms with Crippen LogP contribution in [-0.2, 0) is 6.42 Å². The van der Waals surface area contributed by atoms with Gasteiger partial charge in [0.15, 0.2) is 0 Å². The van der Waals surface area contributed by atoms with E-state index in [0.717, 1.165) is 6.07 Å². The van der Waals surface area contributed by atoms with Gasteiger partial charge in [-0.3, -0.25) is 4.98 Å². The van der Waals surface area contributed by atoms with Gasteiger partial charge in [-0.15, -0.1) is 0 Å². The minimum absolute atomic E-state index is 0.0980. The SMILES string of the molecule is N#Cc1cncc(Nc2ccc(SC(F)(F)F)c3c2CC(F)(F)C3O)c1. The van der Waals surface area contributed by atoms with Gasteiger partial charge < -0.3 is 10.4 Å². The quantitative estimate of drug-likeness (QED) is 0.598. The number of benzene rings is 1. The van der Waals surface area contributed by atoms with Crippen molar-refractivity contribution in [3.8, 4) is 6.07 Å². The van der Waals surface area contributed by atoms with Crippen LogP contribution in [0.4, 0.5) is 33.3 Å². The molecule has 0 saturated carbocycles. The molecule has 1 aliphatic carbocycles. The molecule has 2 aromatic rings. The lowest BCUT2D eigenvalue weighted by molar-refractivity contribution is -0.0976. The van der Waals surface area contributed by atoms with Crippen LogP contribution >= 0.6 is 11.8 Å². The number of nitrogens with zero attached hydrogens (tertiary/aromatic N) is 2. The maximum atomic E-state index is 14.0. The van der Waals surface area contributed by atoms with Gasteiger partial charge in [-0.25, -0.2) is 8.78 Å². The van der Waals surface area contributed by atoms with Gasteiger partial charge >= 0.3 is 5.51 Å². The van der Waals surface area contributed by atoms with Crippen molar-refractivity contribution in [1.29, 1.82) is 5.26 Å². The zero-order valence-corrected chi connectivity index (χ0v) is 13.6. The van der Waals surface area contributed by atoms with E-state index in [9.17, 15) is 27.1 Å². The van der Waals surface area contributed by atoms with Gasteiger partial charge in [-0.2, -0.15) is 18.4 Å². The van der Waals surface area contributed by atoms with Crippen molar-refractivity contribution in [3.63, 3.8) is 0 Å². The lowest BCUT2D eigenvalue weighted by Gasteiger charge is -2.17. The maximum Gasteiger partial charge on any atom is 0.446 e. The summed E-state index contributed by atoms with van der Waals surface area (Å²) in [6.07, 6.45) is -0.581. The maximum absolute atomic E-state index is 14.0. The van der Waals surface area contributed by atoms with Crippen molar-refractivity contribution >= 4 is 23.1 Å². The number of anilines is 2. The van der Waals surface area contributed by atoms with Crippen molar-refractivity contribution in [2.75, 3.05) is 5.32 Å². The lowest BCUT2D eigenvalue weighted by atomic mass is 10.1. The molecule has 1 aliphatic rings. The Hall–Kier alpha value is -2.38. The predicted molar refractivity (Wildman–Crippen MR) is 84.2 cm³/mol. The molecule has 0 bridgehead atoms. The molecule has 2 N–H and O–H groups in total. The molecule has 1 atom stereocenters. The first-order valence-corrected chi connectivity index (χ1v) is 8.02. The Labute approximate surface area is 148 Å². The highest BCUT2D eigenvalue weighted by Gasteiger charge is 2.50. The number of aliphatic hydroxyl groups excluding tert-OH is 1. The van der Waals surface area contributed by atoms with E-state index in [4.69, 9.17) is 5.26 Å². The van der Waals surface area contributed by atoms with E-state index in [0.29, 0.717) is 5.69 Å². The number of halogens is 5. The minimum Gasteiger partial charge on any atom is -0.382 e. The molecule has 1 heterocycles. The zero-order valence-electron chi connectivity index (χ0n) is 12.8. The molecule has 0 spiro atoms. The molecule has 136 valence electrons. The number of nitrogens with one attached hydrogen (secondary N) is 1. The fraction of sp³-hybridized carbons (Fsp3) is 0.250. The van der Waals surface area contributed by atoms with Gasteiger partial charge in [-0.05, 0) is 35.5 Å². The largest absolute Gasteiger partial charge is 0.446 e. The molecule has 4 nitrogen and oxygen atoms in total. The third-order valence-corrected chi connectivity index (χ3v) is 4.58. The summed E-state index contributed by atoms with van der Waals surface area (Å²) in [5.74, 6) is -3.58. The summed E-state index contributed by atoms with van der Waals surface area (Å²) in [6.45, 7) is 0. The van der Waals surface area contributed by atoms with E-state index < -0.39 is 46.2 Å². The van der Waals surface area contributed by atoms with Crippen LogP contribution in [-0.4, -0.2) is 21.5 Å². The molecule has 10 heteroatoms. The first kappa shape index (κ1) is 18.4. The molecule has 0 radical (unpaired) electrons. The van der Waals surface area contributed by atoms with Crippen LogP contribution in [0.15, 0.2) is 35.5 Å². The highest BCUT2D eigenvalue weighted by atomic mass is 32.2. The van der Waals surface area contributed by atoms with Crippen LogP contribution < -0.4 is 5.32 Å². The first-order chi connectivity index (χ1) is 12.1. The van der Waals surface area contributed by atoms with Crippen LogP contribution in [0.1, 0.15) is 22.8 Å². The van der Waals surface area contributed by atoms with Crippen molar-refractivity contribution in [1.82, 2.24) is 4.98 Å². The Morgan fingerprint density at radius 1 is 1.31 bits per heavy atom. The average Bonchev–Trinajstić information content (AvgIpc) is 2.79. The minimum atomic E-state index is -4.68. The number of aromatic nitrogens is 1.